The van der Waals surface area contributed by atoms with Gasteiger partial charge in [0.1, 0.15) is 0 Å². The second-order valence-electron chi connectivity index (χ2n) is 4.06. The van der Waals surface area contributed by atoms with Gasteiger partial charge in [0.05, 0.1) is 5.56 Å². The van der Waals surface area contributed by atoms with Gasteiger partial charge in [-0.1, -0.05) is 11.6 Å². The van der Waals surface area contributed by atoms with Gasteiger partial charge in [-0.15, -0.1) is 12.6 Å². The lowest BCUT2D eigenvalue weighted by atomic mass is 10.1. The fourth-order valence-corrected chi connectivity index (χ4v) is 2.09. The molecular weight excluding hydrogens is 220 g/mol. The summed E-state index contributed by atoms with van der Waals surface area (Å²) in [6.07, 6.45) is 0. The summed E-state index contributed by atoms with van der Waals surface area (Å²) in [7, 11) is 0. The van der Waals surface area contributed by atoms with Crippen LogP contribution in [0.2, 0.25) is 0 Å². The number of nitrogens with one attached hydrogen (secondary N) is 1. The van der Waals surface area contributed by atoms with E-state index in [1.165, 1.54) is 0 Å². The van der Waals surface area contributed by atoms with Crippen LogP contribution in [-0.2, 0) is 0 Å². The summed E-state index contributed by atoms with van der Waals surface area (Å²) in [6.45, 7) is 5.29. The van der Waals surface area contributed by atoms with Crippen molar-refractivity contribution in [2.75, 3.05) is 26.2 Å². The summed E-state index contributed by atoms with van der Waals surface area (Å²) in [5, 5.41) is 3.23. The molecule has 1 aliphatic heterocycles. The summed E-state index contributed by atoms with van der Waals surface area (Å²) in [6, 6.07) is 5.76. The Bertz CT molecular complexity index is 400. The van der Waals surface area contributed by atoms with Crippen LogP contribution in [0, 0.1) is 6.92 Å². The van der Waals surface area contributed by atoms with Gasteiger partial charge in [0.25, 0.3) is 5.91 Å². The molecule has 3 nitrogen and oxygen atoms in total. The van der Waals surface area contributed by atoms with Gasteiger partial charge in [-0.05, 0) is 19.1 Å². The normalized spacial score (nSPS) is 16.2. The van der Waals surface area contributed by atoms with Gasteiger partial charge >= 0.3 is 0 Å². The fourth-order valence-electron chi connectivity index (χ4n) is 1.86. The molecule has 0 bridgehead atoms. The lowest BCUT2D eigenvalue weighted by Gasteiger charge is -2.28. The van der Waals surface area contributed by atoms with Gasteiger partial charge in [-0.25, -0.2) is 0 Å². The molecule has 0 spiro atoms. The molecule has 0 atom stereocenters. The Kier molecular flexibility index (Phi) is 3.51. The van der Waals surface area contributed by atoms with Crippen molar-refractivity contribution in [1.29, 1.82) is 0 Å². The highest BCUT2D eigenvalue weighted by atomic mass is 32.1. The van der Waals surface area contributed by atoms with Gasteiger partial charge in [0.15, 0.2) is 0 Å². The molecule has 1 N–H and O–H groups in total. The van der Waals surface area contributed by atoms with Crippen molar-refractivity contribution in [1.82, 2.24) is 10.2 Å². The number of aryl methyl sites for hydroxylation is 1. The van der Waals surface area contributed by atoms with Crippen LogP contribution in [0.25, 0.3) is 0 Å². The topological polar surface area (TPSA) is 32.3 Å². The minimum atomic E-state index is 0.0928. The fraction of sp³-hybridized carbons (Fsp3) is 0.417. The number of hydrogen-bond donors (Lipinski definition) is 2. The molecule has 0 aliphatic carbocycles. The number of hydrogen-bond acceptors (Lipinski definition) is 3. The Morgan fingerprint density at radius 3 is 2.75 bits per heavy atom. The molecule has 1 amide bonds. The maximum atomic E-state index is 12.2. The lowest BCUT2D eigenvalue weighted by molar-refractivity contribution is 0.0732. The van der Waals surface area contributed by atoms with E-state index in [-0.39, 0.29) is 5.91 Å². The Morgan fingerprint density at radius 2 is 2.06 bits per heavy atom. The van der Waals surface area contributed by atoms with E-state index in [9.17, 15) is 4.79 Å². The van der Waals surface area contributed by atoms with Gasteiger partial charge in [0.2, 0.25) is 0 Å². The summed E-state index contributed by atoms with van der Waals surface area (Å²) in [5.74, 6) is 0.0928. The summed E-state index contributed by atoms with van der Waals surface area (Å²) in [5.41, 5.74) is 1.81. The van der Waals surface area contributed by atoms with Crippen molar-refractivity contribution < 1.29 is 4.79 Å². The second-order valence-corrected chi connectivity index (χ2v) is 4.54. The van der Waals surface area contributed by atoms with Crippen LogP contribution in [0.5, 0.6) is 0 Å². The zero-order valence-corrected chi connectivity index (χ0v) is 10.3. The van der Waals surface area contributed by atoms with Crippen molar-refractivity contribution in [2.24, 2.45) is 0 Å². The van der Waals surface area contributed by atoms with E-state index >= 15 is 0 Å². The predicted octanol–water partition coefficient (Wildman–Crippen LogP) is 1.33. The third-order valence-electron chi connectivity index (χ3n) is 2.79. The molecule has 1 aromatic rings. The Hall–Kier alpha value is -1.00. The Balaban J connectivity index is 2.22. The van der Waals surface area contributed by atoms with Gasteiger partial charge in [0, 0.05) is 31.1 Å². The first-order chi connectivity index (χ1) is 7.68. The number of piperazine rings is 1. The molecule has 1 fully saturated rings. The van der Waals surface area contributed by atoms with Crippen molar-refractivity contribution in [2.45, 2.75) is 11.8 Å². The molecule has 0 unspecified atom stereocenters. The number of rotatable bonds is 1. The van der Waals surface area contributed by atoms with E-state index in [0.29, 0.717) is 5.56 Å². The minimum Gasteiger partial charge on any atom is -0.336 e. The smallest absolute Gasteiger partial charge is 0.255 e. The number of carbonyl (C=O) groups excluding carboxylic acids is 1. The number of nitrogens with zero attached hydrogens (tertiary/aromatic N) is 1. The molecule has 0 radical (unpaired) electrons. The molecule has 1 heterocycles. The largest absolute Gasteiger partial charge is 0.336 e. The first-order valence-electron chi connectivity index (χ1n) is 5.48. The highest BCUT2D eigenvalue weighted by Gasteiger charge is 2.19. The third kappa shape index (κ3) is 2.39. The Labute approximate surface area is 101 Å². The van der Waals surface area contributed by atoms with Crippen LogP contribution >= 0.6 is 12.6 Å². The minimum absolute atomic E-state index is 0.0928. The molecule has 2 rings (SSSR count). The quantitative estimate of drug-likeness (QED) is 0.721. The molecular formula is C12H16N2OS. The predicted molar refractivity (Wildman–Crippen MR) is 67.2 cm³/mol. The van der Waals surface area contributed by atoms with E-state index < -0.39 is 0 Å². The maximum Gasteiger partial charge on any atom is 0.255 e. The van der Waals surface area contributed by atoms with Crippen LogP contribution in [0.1, 0.15) is 15.9 Å². The third-order valence-corrected chi connectivity index (χ3v) is 3.18. The monoisotopic (exact) mass is 236 g/mol. The first-order valence-corrected chi connectivity index (χ1v) is 5.93. The van der Waals surface area contributed by atoms with E-state index in [4.69, 9.17) is 0 Å². The standard InChI is InChI=1S/C12H16N2OS/c1-9-2-3-11(16)10(8-9)12(15)14-6-4-13-5-7-14/h2-3,8,13,16H,4-7H2,1H3. The number of carbonyl (C=O) groups is 1. The molecule has 4 heteroatoms. The first kappa shape index (κ1) is 11.5. The van der Waals surface area contributed by atoms with Gasteiger partial charge < -0.3 is 10.2 Å². The van der Waals surface area contributed by atoms with Crippen molar-refractivity contribution >= 4 is 18.5 Å². The van der Waals surface area contributed by atoms with Crippen LogP contribution < -0.4 is 5.32 Å². The number of benzene rings is 1. The van der Waals surface area contributed by atoms with Crippen LogP contribution in [0.3, 0.4) is 0 Å². The van der Waals surface area contributed by atoms with Gasteiger partial charge in [-0.2, -0.15) is 0 Å². The summed E-state index contributed by atoms with van der Waals surface area (Å²) >= 11 is 4.34. The Morgan fingerprint density at radius 1 is 1.38 bits per heavy atom. The highest BCUT2D eigenvalue weighted by Crippen LogP contribution is 2.17. The zero-order valence-electron chi connectivity index (χ0n) is 9.36. The molecule has 0 saturated carbocycles. The van der Waals surface area contributed by atoms with Gasteiger partial charge in [-0.3, -0.25) is 4.79 Å². The lowest BCUT2D eigenvalue weighted by Crippen LogP contribution is -2.46. The van der Waals surface area contributed by atoms with E-state index in [1.54, 1.807) is 0 Å². The summed E-state index contributed by atoms with van der Waals surface area (Å²) in [4.78, 5) is 14.9. The van der Waals surface area contributed by atoms with Crippen LogP contribution in [0.15, 0.2) is 23.1 Å². The van der Waals surface area contributed by atoms with E-state index in [0.717, 1.165) is 36.6 Å². The van der Waals surface area contributed by atoms with E-state index in [1.807, 2.05) is 30.0 Å². The average Bonchev–Trinajstić information content (AvgIpc) is 2.32. The zero-order chi connectivity index (χ0) is 11.5. The van der Waals surface area contributed by atoms with Crippen molar-refractivity contribution in [3.05, 3.63) is 29.3 Å². The molecule has 16 heavy (non-hydrogen) atoms. The molecule has 1 saturated heterocycles. The van der Waals surface area contributed by atoms with Crippen molar-refractivity contribution in [3.63, 3.8) is 0 Å². The van der Waals surface area contributed by atoms with E-state index in [2.05, 4.69) is 17.9 Å². The molecule has 86 valence electrons. The molecule has 1 aromatic carbocycles. The SMILES string of the molecule is Cc1ccc(S)c(C(=O)N2CCNCC2)c1. The number of amides is 1. The average molecular weight is 236 g/mol. The molecule has 0 aromatic heterocycles. The molecule has 1 aliphatic rings. The highest BCUT2D eigenvalue weighted by molar-refractivity contribution is 7.80. The number of thiol groups is 1. The van der Waals surface area contributed by atoms with Crippen LogP contribution in [-0.4, -0.2) is 37.0 Å². The maximum absolute atomic E-state index is 12.2. The second kappa shape index (κ2) is 4.89. The van der Waals surface area contributed by atoms with Crippen molar-refractivity contribution in [3.8, 4) is 0 Å². The summed E-state index contributed by atoms with van der Waals surface area (Å²) < 4.78 is 0. The van der Waals surface area contributed by atoms with Crippen LogP contribution in [0.4, 0.5) is 0 Å².